The van der Waals surface area contributed by atoms with E-state index >= 15 is 0 Å². The Labute approximate surface area is 114 Å². The fourth-order valence-corrected chi connectivity index (χ4v) is 4.28. The van der Waals surface area contributed by atoms with Gasteiger partial charge in [-0.25, -0.2) is 17.5 Å². The number of nitrogens with one attached hydrogen (secondary N) is 1. The highest BCUT2D eigenvalue weighted by Crippen LogP contribution is 2.34. The summed E-state index contributed by atoms with van der Waals surface area (Å²) in [5.74, 6) is 0.363. The zero-order valence-electron chi connectivity index (χ0n) is 11.3. The van der Waals surface area contributed by atoms with Gasteiger partial charge in [-0.1, -0.05) is 26.3 Å². The van der Waals surface area contributed by atoms with Gasteiger partial charge in [0, 0.05) is 6.04 Å². The minimum atomic E-state index is -3.62. The number of hydrogen-bond acceptors (Lipinski definition) is 2. The maximum absolute atomic E-state index is 13.1. The number of rotatable bonds is 4. The summed E-state index contributed by atoms with van der Waals surface area (Å²) >= 11 is 0. The maximum atomic E-state index is 13.1. The van der Waals surface area contributed by atoms with Crippen molar-refractivity contribution in [2.45, 2.75) is 44.0 Å². The van der Waals surface area contributed by atoms with Gasteiger partial charge < -0.3 is 0 Å². The van der Waals surface area contributed by atoms with Crippen LogP contribution in [0.5, 0.6) is 0 Å². The molecular formula is C14H20FNO2S. The van der Waals surface area contributed by atoms with Gasteiger partial charge in [0.25, 0.3) is 0 Å². The highest BCUT2D eigenvalue weighted by atomic mass is 32.2. The molecule has 0 amide bonds. The predicted octanol–water partition coefficient (Wildman–Crippen LogP) is 2.93. The molecule has 3 atom stereocenters. The molecule has 3 nitrogen and oxygen atoms in total. The van der Waals surface area contributed by atoms with E-state index in [1.165, 1.54) is 18.2 Å². The fourth-order valence-electron chi connectivity index (χ4n) is 2.89. The zero-order chi connectivity index (χ0) is 14.0. The topological polar surface area (TPSA) is 46.2 Å². The Kier molecular flexibility index (Phi) is 4.26. The number of sulfonamides is 1. The molecule has 0 saturated heterocycles. The first kappa shape index (κ1) is 14.5. The van der Waals surface area contributed by atoms with Crippen molar-refractivity contribution in [3.8, 4) is 0 Å². The van der Waals surface area contributed by atoms with E-state index in [0.29, 0.717) is 11.8 Å². The maximum Gasteiger partial charge on any atom is 0.240 e. The molecule has 0 heterocycles. The van der Waals surface area contributed by atoms with E-state index in [1.807, 2.05) is 0 Å². The van der Waals surface area contributed by atoms with E-state index < -0.39 is 15.8 Å². The van der Waals surface area contributed by atoms with E-state index in [-0.39, 0.29) is 10.9 Å². The third-order valence-electron chi connectivity index (χ3n) is 4.16. The van der Waals surface area contributed by atoms with Gasteiger partial charge in [0.2, 0.25) is 10.0 Å². The van der Waals surface area contributed by atoms with Crippen LogP contribution in [-0.2, 0) is 10.0 Å². The van der Waals surface area contributed by atoms with Crippen LogP contribution in [0.1, 0.15) is 33.1 Å². The van der Waals surface area contributed by atoms with Crippen LogP contribution in [0.3, 0.4) is 0 Å². The third-order valence-corrected chi connectivity index (χ3v) is 5.65. The third kappa shape index (κ3) is 3.15. The van der Waals surface area contributed by atoms with E-state index in [2.05, 4.69) is 18.6 Å². The Morgan fingerprint density at radius 1 is 1.37 bits per heavy atom. The smallest absolute Gasteiger partial charge is 0.208 e. The van der Waals surface area contributed by atoms with Crippen molar-refractivity contribution in [1.82, 2.24) is 4.72 Å². The molecule has 2 rings (SSSR count). The van der Waals surface area contributed by atoms with Gasteiger partial charge in [-0.2, -0.15) is 0 Å². The van der Waals surface area contributed by atoms with E-state index in [1.54, 1.807) is 0 Å². The Morgan fingerprint density at radius 2 is 2.11 bits per heavy atom. The first-order valence-corrected chi connectivity index (χ1v) is 8.20. The van der Waals surface area contributed by atoms with Crippen LogP contribution in [0.4, 0.5) is 4.39 Å². The summed E-state index contributed by atoms with van der Waals surface area (Å²) in [7, 11) is -3.62. The van der Waals surface area contributed by atoms with Crippen LogP contribution in [0.25, 0.3) is 0 Å². The van der Waals surface area contributed by atoms with E-state index in [9.17, 15) is 12.8 Å². The molecule has 0 spiro atoms. The van der Waals surface area contributed by atoms with Crippen LogP contribution in [-0.4, -0.2) is 14.5 Å². The van der Waals surface area contributed by atoms with Crippen molar-refractivity contribution in [2.24, 2.45) is 11.8 Å². The molecule has 5 heteroatoms. The summed E-state index contributed by atoms with van der Waals surface area (Å²) in [6.07, 6.45) is 2.97. The van der Waals surface area contributed by atoms with Crippen molar-refractivity contribution in [2.75, 3.05) is 0 Å². The lowest BCUT2D eigenvalue weighted by molar-refractivity contribution is 0.368. The number of benzene rings is 1. The Bertz CT molecular complexity index is 544. The molecule has 0 bridgehead atoms. The van der Waals surface area contributed by atoms with Crippen LogP contribution in [0, 0.1) is 17.7 Å². The molecule has 1 saturated carbocycles. The quantitative estimate of drug-likeness (QED) is 0.924. The van der Waals surface area contributed by atoms with Crippen molar-refractivity contribution >= 4 is 10.0 Å². The summed E-state index contributed by atoms with van der Waals surface area (Å²) < 4.78 is 40.2. The van der Waals surface area contributed by atoms with E-state index in [0.717, 1.165) is 25.3 Å². The van der Waals surface area contributed by atoms with Crippen LogP contribution < -0.4 is 4.72 Å². The van der Waals surface area contributed by atoms with Crippen LogP contribution in [0.15, 0.2) is 29.2 Å². The summed E-state index contributed by atoms with van der Waals surface area (Å²) in [6, 6.07) is 5.08. The van der Waals surface area contributed by atoms with Crippen molar-refractivity contribution in [1.29, 1.82) is 0 Å². The highest BCUT2D eigenvalue weighted by Gasteiger charge is 2.34. The predicted molar refractivity (Wildman–Crippen MR) is 72.7 cm³/mol. The first-order chi connectivity index (χ1) is 8.94. The molecule has 1 aliphatic carbocycles. The Morgan fingerprint density at radius 3 is 2.68 bits per heavy atom. The first-order valence-electron chi connectivity index (χ1n) is 6.72. The molecule has 3 unspecified atom stereocenters. The lowest BCUT2D eigenvalue weighted by atomic mass is 9.94. The van der Waals surface area contributed by atoms with Gasteiger partial charge in [0.1, 0.15) is 5.82 Å². The summed E-state index contributed by atoms with van der Waals surface area (Å²) in [6.45, 7) is 4.21. The summed E-state index contributed by atoms with van der Waals surface area (Å²) in [5.41, 5.74) is 0. The molecule has 1 aromatic rings. The van der Waals surface area contributed by atoms with Crippen LogP contribution >= 0.6 is 0 Å². The second-order valence-corrected chi connectivity index (χ2v) is 7.00. The average Bonchev–Trinajstić information content (AvgIpc) is 2.70. The molecule has 1 aromatic carbocycles. The van der Waals surface area contributed by atoms with Crippen molar-refractivity contribution in [3.05, 3.63) is 30.1 Å². The molecule has 1 aliphatic rings. The SMILES string of the molecule is CCC1CCC(NS(=O)(=O)c2cccc(F)c2)C1C. The van der Waals surface area contributed by atoms with Gasteiger partial charge in [-0.05, 0) is 42.9 Å². The molecule has 0 aliphatic heterocycles. The highest BCUT2D eigenvalue weighted by molar-refractivity contribution is 7.89. The number of halogens is 1. The minimum absolute atomic E-state index is 0.000325. The molecule has 19 heavy (non-hydrogen) atoms. The monoisotopic (exact) mass is 285 g/mol. The lowest BCUT2D eigenvalue weighted by Gasteiger charge is -2.20. The largest absolute Gasteiger partial charge is 0.240 e. The molecule has 0 radical (unpaired) electrons. The van der Waals surface area contributed by atoms with E-state index in [4.69, 9.17) is 0 Å². The second kappa shape index (κ2) is 5.59. The lowest BCUT2D eigenvalue weighted by Crippen LogP contribution is -2.37. The summed E-state index contributed by atoms with van der Waals surface area (Å²) in [5, 5.41) is 0. The molecular weight excluding hydrogens is 265 g/mol. The average molecular weight is 285 g/mol. The molecule has 1 fully saturated rings. The number of hydrogen-bond donors (Lipinski definition) is 1. The van der Waals surface area contributed by atoms with Crippen molar-refractivity contribution in [3.63, 3.8) is 0 Å². The normalized spacial score (nSPS) is 27.6. The molecule has 0 aromatic heterocycles. The Hall–Kier alpha value is -0.940. The van der Waals surface area contributed by atoms with Gasteiger partial charge in [-0.15, -0.1) is 0 Å². The van der Waals surface area contributed by atoms with Gasteiger partial charge in [-0.3, -0.25) is 0 Å². The van der Waals surface area contributed by atoms with Gasteiger partial charge in [0.05, 0.1) is 4.90 Å². The minimum Gasteiger partial charge on any atom is -0.208 e. The molecule has 106 valence electrons. The van der Waals surface area contributed by atoms with Gasteiger partial charge in [0.15, 0.2) is 0 Å². The molecule has 1 N–H and O–H groups in total. The second-order valence-electron chi connectivity index (χ2n) is 5.29. The van der Waals surface area contributed by atoms with Crippen LogP contribution in [0.2, 0.25) is 0 Å². The zero-order valence-corrected chi connectivity index (χ0v) is 12.1. The summed E-state index contributed by atoms with van der Waals surface area (Å²) in [4.78, 5) is -0.000325. The standard InChI is InChI=1S/C14H20FNO2S/c1-3-11-7-8-14(10(11)2)16-19(17,18)13-6-4-5-12(15)9-13/h4-6,9-11,14,16H,3,7-8H2,1-2H3. The van der Waals surface area contributed by atoms with Gasteiger partial charge >= 0.3 is 0 Å². The fraction of sp³-hybridized carbons (Fsp3) is 0.571. The van der Waals surface area contributed by atoms with Crippen molar-refractivity contribution < 1.29 is 12.8 Å². The Balaban J connectivity index is 2.14.